The summed E-state index contributed by atoms with van der Waals surface area (Å²) in [6.45, 7) is 0. The molecule has 0 atom stereocenters. The summed E-state index contributed by atoms with van der Waals surface area (Å²) in [5.74, 6) is 0.418. The number of primary amides is 1. The van der Waals surface area contributed by atoms with Crippen LogP contribution in [0.15, 0.2) is 48.3 Å². The van der Waals surface area contributed by atoms with E-state index in [1.54, 1.807) is 13.3 Å². The molecular formula is C13H14N2O2. The number of amides is 1. The molecule has 17 heavy (non-hydrogen) atoms. The van der Waals surface area contributed by atoms with Crippen LogP contribution in [-0.4, -0.2) is 13.0 Å². The van der Waals surface area contributed by atoms with Crippen LogP contribution in [0.25, 0.3) is 0 Å². The summed E-state index contributed by atoms with van der Waals surface area (Å²) in [6, 6.07) is 7.58. The van der Waals surface area contributed by atoms with E-state index in [0.717, 1.165) is 11.4 Å². The number of anilines is 1. The Morgan fingerprint density at radius 2 is 2.06 bits per heavy atom. The number of allylic oxidation sites excluding steroid dienone is 1. The first kappa shape index (κ1) is 11.3. The van der Waals surface area contributed by atoms with E-state index in [9.17, 15) is 4.79 Å². The average molecular weight is 230 g/mol. The second-order valence-electron chi connectivity index (χ2n) is 3.71. The smallest absolute Gasteiger partial charge is 0.246 e. The van der Waals surface area contributed by atoms with Gasteiger partial charge in [0, 0.05) is 23.7 Å². The molecule has 1 aromatic rings. The van der Waals surface area contributed by atoms with Gasteiger partial charge in [-0.1, -0.05) is 6.08 Å². The monoisotopic (exact) mass is 230 g/mol. The summed E-state index contributed by atoms with van der Waals surface area (Å²) < 4.78 is 5.09. The lowest BCUT2D eigenvalue weighted by atomic mass is 10.1. The van der Waals surface area contributed by atoms with Crippen molar-refractivity contribution < 1.29 is 9.53 Å². The average Bonchev–Trinajstić information content (AvgIpc) is 2.39. The fourth-order valence-corrected chi connectivity index (χ4v) is 1.64. The van der Waals surface area contributed by atoms with Crippen LogP contribution < -0.4 is 15.4 Å². The Hall–Kier alpha value is -2.23. The second kappa shape index (κ2) is 4.74. The van der Waals surface area contributed by atoms with Gasteiger partial charge in [-0.05, 0) is 30.7 Å². The highest BCUT2D eigenvalue weighted by atomic mass is 16.5. The zero-order valence-corrected chi connectivity index (χ0v) is 9.59. The van der Waals surface area contributed by atoms with Gasteiger partial charge < -0.3 is 15.4 Å². The van der Waals surface area contributed by atoms with Crippen molar-refractivity contribution in [3.8, 4) is 5.75 Å². The lowest BCUT2D eigenvalue weighted by Crippen LogP contribution is -2.20. The van der Waals surface area contributed by atoms with Crippen molar-refractivity contribution in [3.63, 3.8) is 0 Å². The van der Waals surface area contributed by atoms with Gasteiger partial charge in [-0.15, -0.1) is 0 Å². The third-order valence-electron chi connectivity index (χ3n) is 2.59. The lowest BCUT2D eigenvalue weighted by Gasteiger charge is -2.20. The highest BCUT2D eigenvalue weighted by molar-refractivity contribution is 5.93. The van der Waals surface area contributed by atoms with Gasteiger partial charge in [0.2, 0.25) is 5.91 Å². The van der Waals surface area contributed by atoms with E-state index in [1.807, 2.05) is 41.4 Å². The van der Waals surface area contributed by atoms with Gasteiger partial charge in [0.1, 0.15) is 5.75 Å². The van der Waals surface area contributed by atoms with Gasteiger partial charge in [0.05, 0.1) is 7.11 Å². The summed E-state index contributed by atoms with van der Waals surface area (Å²) in [5.41, 5.74) is 6.82. The maximum absolute atomic E-state index is 11.1. The molecule has 1 amide bonds. The van der Waals surface area contributed by atoms with Gasteiger partial charge in [0.25, 0.3) is 0 Å². The molecule has 88 valence electrons. The van der Waals surface area contributed by atoms with Crippen LogP contribution in [-0.2, 0) is 4.79 Å². The van der Waals surface area contributed by atoms with Gasteiger partial charge >= 0.3 is 0 Å². The van der Waals surface area contributed by atoms with Crippen molar-refractivity contribution in [2.24, 2.45) is 5.73 Å². The first-order chi connectivity index (χ1) is 8.20. The topological polar surface area (TPSA) is 55.6 Å². The van der Waals surface area contributed by atoms with E-state index in [2.05, 4.69) is 0 Å². The summed E-state index contributed by atoms with van der Waals surface area (Å²) in [7, 11) is 1.63. The minimum absolute atomic E-state index is 0.382. The molecule has 0 fully saturated rings. The van der Waals surface area contributed by atoms with Crippen LogP contribution in [0.1, 0.15) is 6.42 Å². The number of carbonyl (C=O) groups excluding carboxylic acids is 1. The number of benzene rings is 1. The quantitative estimate of drug-likeness (QED) is 0.861. The summed E-state index contributed by atoms with van der Waals surface area (Å²) in [5, 5.41) is 0. The molecule has 1 aromatic carbocycles. The first-order valence-corrected chi connectivity index (χ1v) is 5.30. The van der Waals surface area contributed by atoms with E-state index in [4.69, 9.17) is 10.5 Å². The Labute approximate surface area is 100.0 Å². The standard InChI is InChI=1S/C13H14N2O2/c1-17-12-6-4-11(5-7-12)15-8-2-3-10(9-15)13(14)16/h2,4-9H,3H2,1H3,(H2,14,16). The molecule has 4 nitrogen and oxygen atoms in total. The number of hydrogen-bond acceptors (Lipinski definition) is 3. The van der Waals surface area contributed by atoms with Gasteiger partial charge in [0.15, 0.2) is 0 Å². The molecule has 0 radical (unpaired) electrons. The number of methoxy groups -OCH3 is 1. The number of hydrogen-bond donors (Lipinski definition) is 1. The molecule has 2 N–H and O–H groups in total. The highest BCUT2D eigenvalue weighted by Crippen LogP contribution is 2.23. The first-order valence-electron chi connectivity index (χ1n) is 5.30. The van der Waals surface area contributed by atoms with Gasteiger partial charge in [-0.25, -0.2) is 0 Å². The van der Waals surface area contributed by atoms with Crippen LogP contribution in [0.5, 0.6) is 5.75 Å². The molecule has 1 heterocycles. The van der Waals surface area contributed by atoms with E-state index in [1.165, 1.54) is 0 Å². The minimum atomic E-state index is -0.382. The molecule has 0 aliphatic carbocycles. The van der Waals surface area contributed by atoms with Crippen molar-refractivity contribution in [1.82, 2.24) is 0 Å². The number of rotatable bonds is 3. The molecule has 2 rings (SSSR count). The molecule has 4 heteroatoms. The molecule has 0 saturated carbocycles. The van der Waals surface area contributed by atoms with Gasteiger partial charge in [-0.3, -0.25) is 4.79 Å². The molecular weight excluding hydrogens is 216 g/mol. The van der Waals surface area contributed by atoms with E-state index >= 15 is 0 Å². The van der Waals surface area contributed by atoms with Crippen molar-refractivity contribution in [1.29, 1.82) is 0 Å². The molecule has 0 unspecified atom stereocenters. The molecule has 0 aromatic heterocycles. The van der Waals surface area contributed by atoms with Crippen molar-refractivity contribution >= 4 is 11.6 Å². The third-order valence-corrected chi connectivity index (χ3v) is 2.59. The Kier molecular flexibility index (Phi) is 3.14. The molecule has 0 saturated heterocycles. The SMILES string of the molecule is COc1ccc(N2C=CCC(C(N)=O)=C2)cc1. The fourth-order valence-electron chi connectivity index (χ4n) is 1.64. The zero-order chi connectivity index (χ0) is 12.3. The maximum Gasteiger partial charge on any atom is 0.246 e. The molecule has 1 aliphatic heterocycles. The van der Waals surface area contributed by atoms with E-state index < -0.39 is 0 Å². The minimum Gasteiger partial charge on any atom is -0.497 e. The van der Waals surface area contributed by atoms with Crippen LogP contribution in [0.4, 0.5) is 5.69 Å². The number of ether oxygens (including phenoxy) is 1. The molecule has 0 bridgehead atoms. The number of carbonyl (C=O) groups is 1. The Morgan fingerprint density at radius 3 is 2.65 bits per heavy atom. The predicted octanol–water partition coefficient (Wildman–Crippen LogP) is 1.79. The highest BCUT2D eigenvalue weighted by Gasteiger charge is 2.10. The van der Waals surface area contributed by atoms with Crippen LogP contribution in [0.2, 0.25) is 0 Å². The van der Waals surface area contributed by atoms with E-state index in [0.29, 0.717) is 12.0 Å². The fraction of sp³-hybridized carbons (Fsp3) is 0.154. The van der Waals surface area contributed by atoms with Crippen LogP contribution in [0.3, 0.4) is 0 Å². The zero-order valence-electron chi connectivity index (χ0n) is 9.59. The largest absolute Gasteiger partial charge is 0.497 e. The summed E-state index contributed by atoms with van der Waals surface area (Å²) >= 11 is 0. The Balaban J connectivity index is 2.24. The predicted molar refractivity (Wildman–Crippen MR) is 66.5 cm³/mol. The second-order valence-corrected chi connectivity index (χ2v) is 3.71. The van der Waals surface area contributed by atoms with Crippen molar-refractivity contribution in [3.05, 3.63) is 48.3 Å². The van der Waals surface area contributed by atoms with Crippen molar-refractivity contribution in [2.45, 2.75) is 6.42 Å². The van der Waals surface area contributed by atoms with Crippen LogP contribution in [0, 0.1) is 0 Å². The Morgan fingerprint density at radius 1 is 1.35 bits per heavy atom. The third kappa shape index (κ3) is 2.47. The maximum atomic E-state index is 11.1. The Bertz CT molecular complexity index is 475. The summed E-state index contributed by atoms with van der Waals surface area (Å²) in [4.78, 5) is 13.0. The summed E-state index contributed by atoms with van der Waals surface area (Å²) in [6.07, 6.45) is 6.16. The van der Waals surface area contributed by atoms with Crippen LogP contribution >= 0.6 is 0 Å². The van der Waals surface area contributed by atoms with Gasteiger partial charge in [-0.2, -0.15) is 0 Å². The number of nitrogens with two attached hydrogens (primary N) is 1. The van der Waals surface area contributed by atoms with Crippen molar-refractivity contribution in [2.75, 3.05) is 12.0 Å². The lowest BCUT2D eigenvalue weighted by molar-refractivity contribution is -0.114. The normalized spacial score (nSPS) is 14.4. The molecule has 1 aliphatic rings. The number of nitrogens with zero attached hydrogens (tertiary/aromatic N) is 1. The molecule has 0 spiro atoms. The van der Waals surface area contributed by atoms with E-state index in [-0.39, 0.29) is 5.91 Å².